The number of aromatic nitrogens is 3. The number of methoxy groups -OCH3 is 1. The van der Waals surface area contributed by atoms with Gasteiger partial charge < -0.3 is 9.84 Å². The first-order valence-electron chi connectivity index (χ1n) is 9.21. The first-order chi connectivity index (χ1) is 13.4. The Kier molecular flexibility index (Phi) is 4.43. The Balaban J connectivity index is 2.00. The molecule has 2 aromatic carbocycles. The van der Waals surface area contributed by atoms with Crippen LogP contribution >= 0.6 is 0 Å². The summed E-state index contributed by atoms with van der Waals surface area (Å²) in [6.07, 6.45) is -0.748. The van der Waals surface area contributed by atoms with E-state index >= 15 is 0 Å². The highest BCUT2D eigenvalue weighted by Gasteiger charge is 2.21. The highest BCUT2D eigenvalue weighted by atomic mass is 16.5. The van der Waals surface area contributed by atoms with E-state index in [1.165, 1.54) is 0 Å². The molecule has 0 aliphatic heterocycles. The number of fused-ring (bicyclic) bond motifs is 3. The summed E-state index contributed by atoms with van der Waals surface area (Å²) in [5, 5.41) is 17.3. The molecule has 2 heterocycles. The Labute approximate surface area is 162 Å². The predicted molar refractivity (Wildman–Crippen MR) is 110 cm³/mol. The average Bonchev–Trinajstić information content (AvgIpc) is 3.06. The van der Waals surface area contributed by atoms with Gasteiger partial charge >= 0.3 is 0 Å². The Morgan fingerprint density at radius 3 is 2.50 bits per heavy atom. The number of hydrogen-bond donors (Lipinski definition) is 1. The van der Waals surface area contributed by atoms with Crippen molar-refractivity contribution in [2.75, 3.05) is 7.11 Å². The van der Waals surface area contributed by atoms with Gasteiger partial charge in [0.2, 0.25) is 0 Å². The van der Waals surface area contributed by atoms with Crippen molar-refractivity contribution < 1.29 is 9.84 Å². The number of rotatable bonds is 4. The van der Waals surface area contributed by atoms with Crippen LogP contribution in [0.3, 0.4) is 0 Å². The minimum Gasteiger partial charge on any atom is -0.497 e. The van der Waals surface area contributed by atoms with Gasteiger partial charge in [0.25, 0.3) is 5.56 Å². The van der Waals surface area contributed by atoms with Crippen molar-refractivity contribution in [3.8, 4) is 5.75 Å². The summed E-state index contributed by atoms with van der Waals surface area (Å²) in [6.45, 7) is 4.15. The smallest absolute Gasteiger partial charge is 0.259 e. The highest BCUT2D eigenvalue weighted by molar-refractivity contribution is 6.06. The maximum atomic E-state index is 13.0. The molecular weight excluding hydrogens is 354 g/mol. The Morgan fingerprint density at radius 1 is 1.14 bits per heavy atom. The molecule has 0 bridgehead atoms. The largest absolute Gasteiger partial charge is 0.497 e. The number of pyridine rings is 1. The third-order valence-corrected chi connectivity index (χ3v) is 5.14. The van der Waals surface area contributed by atoms with Crippen LogP contribution in [0, 0.1) is 6.92 Å². The molecule has 6 heteroatoms. The molecule has 0 aliphatic carbocycles. The number of nitrogens with zero attached hydrogens (tertiary/aromatic N) is 3. The summed E-state index contributed by atoms with van der Waals surface area (Å²) in [4.78, 5) is 13.0. The minimum absolute atomic E-state index is 0.0702. The summed E-state index contributed by atoms with van der Waals surface area (Å²) >= 11 is 0. The molecule has 0 saturated heterocycles. The second-order valence-electron chi connectivity index (χ2n) is 7.18. The molecule has 0 fully saturated rings. The van der Waals surface area contributed by atoms with E-state index < -0.39 is 6.10 Å². The molecular formula is C22H23N3O3. The van der Waals surface area contributed by atoms with E-state index in [1.54, 1.807) is 30.3 Å². The zero-order valence-electron chi connectivity index (χ0n) is 16.4. The molecule has 28 heavy (non-hydrogen) atoms. The summed E-state index contributed by atoms with van der Waals surface area (Å²) in [7, 11) is 3.39. The molecule has 1 atom stereocenters. The van der Waals surface area contributed by atoms with E-state index in [0.29, 0.717) is 23.3 Å². The molecule has 0 amide bonds. The Bertz CT molecular complexity index is 1230. The van der Waals surface area contributed by atoms with Gasteiger partial charge in [-0.2, -0.15) is 5.10 Å². The van der Waals surface area contributed by atoms with E-state index in [2.05, 4.69) is 5.10 Å². The lowest BCUT2D eigenvalue weighted by molar-refractivity contribution is 0.194. The first-order valence-corrected chi connectivity index (χ1v) is 9.21. The topological polar surface area (TPSA) is 69.3 Å². The number of aryl methyl sites for hydroxylation is 2. The summed E-state index contributed by atoms with van der Waals surface area (Å²) in [5.74, 6) is 0.785. The van der Waals surface area contributed by atoms with Gasteiger partial charge in [-0.05, 0) is 37.6 Å². The van der Waals surface area contributed by atoms with Crippen molar-refractivity contribution in [1.82, 2.24) is 14.3 Å². The number of benzene rings is 2. The van der Waals surface area contributed by atoms with Crippen molar-refractivity contribution in [2.45, 2.75) is 26.5 Å². The fraction of sp³-hybridized carbons (Fsp3) is 0.273. The van der Waals surface area contributed by atoms with Gasteiger partial charge in [0.05, 0.1) is 25.1 Å². The zero-order chi connectivity index (χ0) is 20.0. The van der Waals surface area contributed by atoms with Gasteiger partial charge in [0, 0.05) is 17.8 Å². The molecule has 1 N–H and O–H groups in total. The lowest BCUT2D eigenvalue weighted by Gasteiger charge is -2.10. The zero-order valence-corrected chi connectivity index (χ0v) is 16.4. The normalized spacial score (nSPS) is 12.6. The Hall–Kier alpha value is -3.12. The fourth-order valence-corrected chi connectivity index (χ4v) is 3.71. The summed E-state index contributed by atoms with van der Waals surface area (Å²) in [5.41, 5.74) is 3.26. The second kappa shape index (κ2) is 6.80. The molecule has 4 aromatic rings. The van der Waals surface area contributed by atoms with Gasteiger partial charge in [0.15, 0.2) is 0 Å². The standard InChI is InChI=1S/C22H23N3O3/c1-13-5-10-17-18(11-13)22(27)24(3)21-19(17)20(14(2)26)23-25(21)12-15-6-8-16(28-4)9-7-15/h5-11,14,26H,12H2,1-4H3. The monoisotopic (exact) mass is 377 g/mol. The average molecular weight is 377 g/mol. The van der Waals surface area contributed by atoms with E-state index in [1.807, 2.05) is 49.4 Å². The van der Waals surface area contributed by atoms with E-state index in [9.17, 15) is 9.90 Å². The number of aliphatic hydroxyl groups excluding tert-OH is 1. The molecule has 1 unspecified atom stereocenters. The van der Waals surface area contributed by atoms with Crippen molar-refractivity contribution in [2.24, 2.45) is 7.05 Å². The minimum atomic E-state index is -0.748. The molecule has 2 aromatic heterocycles. The maximum absolute atomic E-state index is 13.0. The van der Waals surface area contributed by atoms with Gasteiger partial charge in [-0.3, -0.25) is 9.36 Å². The number of ether oxygens (including phenoxy) is 1. The SMILES string of the molecule is COc1ccc(Cn2nc(C(C)O)c3c4ccc(C)cc4c(=O)n(C)c32)cc1. The van der Waals surface area contributed by atoms with Crippen molar-refractivity contribution in [3.05, 3.63) is 69.6 Å². The second-order valence-corrected chi connectivity index (χ2v) is 7.18. The van der Waals surface area contributed by atoms with Crippen molar-refractivity contribution >= 4 is 21.8 Å². The quantitative estimate of drug-likeness (QED) is 0.592. The molecule has 144 valence electrons. The molecule has 0 spiro atoms. The van der Waals surface area contributed by atoms with Crippen LogP contribution in [0.15, 0.2) is 47.3 Å². The van der Waals surface area contributed by atoms with Crippen LogP contribution in [0.1, 0.15) is 29.8 Å². The van der Waals surface area contributed by atoms with Crippen LogP contribution < -0.4 is 10.3 Å². The summed E-state index contributed by atoms with van der Waals surface area (Å²) in [6, 6.07) is 13.5. The molecule has 0 aliphatic rings. The van der Waals surface area contributed by atoms with E-state index in [4.69, 9.17) is 4.74 Å². The highest BCUT2D eigenvalue weighted by Crippen LogP contribution is 2.30. The van der Waals surface area contributed by atoms with Crippen LogP contribution in [0.25, 0.3) is 21.8 Å². The third-order valence-electron chi connectivity index (χ3n) is 5.14. The van der Waals surface area contributed by atoms with Crippen molar-refractivity contribution in [3.63, 3.8) is 0 Å². The van der Waals surface area contributed by atoms with E-state index in [-0.39, 0.29) is 5.56 Å². The van der Waals surface area contributed by atoms with Gasteiger partial charge in [-0.15, -0.1) is 0 Å². The molecule has 0 radical (unpaired) electrons. The van der Waals surface area contributed by atoms with Crippen LogP contribution in [-0.2, 0) is 13.6 Å². The number of hydrogen-bond acceptors (Lipinski definition) is 4. The lowest BCUT2D eigenvalue weighted by atomic mass is 10.0. The number of aliphatic hydroxyl groups is 1. The molecule has 6 nitrogen and oxygen atoms in total. The van der Waals surface area contributed by atoms with E-state index in [0.717, 1.165) is 27.6 Å². The fourth-order valence-electron chi connectivity index (χ4n) is 3.71. The third kappa shape index (κ3) is 2.86. The summed E-state index contributed by atoms with van der Waals surface area (Å²) < 4.78 is 8.63. The first kappa shape index (κ1) is 18.3. The Morgan fingerprint density at radius 2 is 1.86 bits per heavy atom. The van der Waals surface area contributed by atoms with Crippen LogP contribution in [0.5, 0.6) is 5.75 Å². The predicted octanol–water partition coefficient (Wildman–Crippen LogP) is 3.31. The van der Waals surface area contributed by atoms with Gasteiger partial charge in [-0.1, -0.05) is 29.8 Å². The van der Waals surface area contributed by atoms with Crippen LogP contribution in [-0.4, -0.2) is 26.6 Å². The van der Waals surface area contributed by atoms with Gasteiger partial charge in [-0.25, -0.2) is 4.68 Å². The molecule has 0 saturated carbocycles. The van der Waals surface area contributed by atoms with Gasteiger partial charge in [0.1, 0.15) is 17.1 Å². The van der Waals surface area contributed by atoms with Crippen molar-refractivity contribution in [1.29, 1.82) is 0 Å². The maximum Gasteiger partial charge on any atom is 0.259 e. The van der Waals surface area contributed by atoms with Crippen LogP contribution in [0.2, 0.25) is 0 Å². The molecule has 4 rings (SSSR count). The lowest BCUT2D eigenvalue weighted by Crippen LogP contribution is -2.20. The van der Waals surface area contributed by atoms with Crippen LogP contribution in [0.4, 0.5) is 0 Å².